The normalized spacial score (nSPS) is 6.81. The summed E-state index contributed by atoms with van der Waals surface area (Å²) >= 11 is 0. The number of rotatable bonds is 9. The first-order chi connectivity index (χ1) is 8.56. The molecule has 0 rings (SSSR count). The Kier molecular flexibility index (Phi) is 93.7. The molecule has 0 atom stereocenters. The topological polar surface area (TPSA) is 60.9 Å². The van der Waals surface area contributed by atoms with Crippen LogP contribution in [0.15, 0.2) is 0 Å². The molecule has 5 heteroatoms. The zero-order valence-electron chi connectivity index (χ0n) is 11.8. The monoisotopic (exact) mass is 402 g/mol. The van der Waals surface area contributed by atoms with Crippen molar-refractivity contribution < 1.29 is 14.7 Å². The summed E-state index contributed by atoms with van der Waals surface area (Å²) in [6, 6.07) is 0. The van der Waals surface area contributed by atoms with Crippen molar-refractivity contribution in [2.24, 2.45) is 0 Å². The van der Waals surface area contributed by atoms with E-state index in [2.05, 4.69) is 0 Å². The highest BCUT2D eigenvalue weighted by atomic mass is 16.3. The first-order valence-electron chi connectivity index (χ1n) is 6.69. The van der Waals surface area contributed by atoms with E-state index in [-0.39, 0.29) is 85.3 Å². The number of aliphatic hydroxyl groups excluding tert-OH is 1. The van der Waals surface area contributed by atoms with Gasteiger partial charge in [0.05, 0.1) is 0 Å². The summed E-state index contributed by atoms with van der Waals surface area (Å²) in [5.41, 5.74) is 0. The number of hydrogen-bond donors (Lipinski definition) is 1. The average Bonchev–Trinajstić information content (AvgIpc) is 2.39. The van der Waals surface area contributed by atoms with Crippen LogP contribution in [0, 0.1) is 0 Å². The molecule has 178 valence electrons. The van der Waals surface area contributed by atoms with Crippen LogP contribution in [0.3, 0.4) is 0 Å². The SMILES string of the molecule is C.C.C.C.C.C.C.C.C.CCCN(CCN(C)C(=O)CCCO)C(=O)CC. The van der Waals surface area contributed by atoms with E-state index in [9.17, 15) is 9.59 Å². The van der Waals surface area contributed by atoms with Crippen molar-refractivity contribution in [1.82, 2.24) is 9.80 Å². The molecule has 0 aromatic carbocycles. The van der Waals surface area contributed by atoms with E-state index in [1.165, 1.54) is 0 Å². The van der Waals surface area contributed by atoms with Gasteiger partial charge in [-0.1, -0.05) is 80.7 Å². The summed E-state index contributed by atoms with van der Waals surface area (Å²) in [4.78, 5) is 26.7. The van der Waals surface area contributed by atoms with E-state index in [1.807, 2.05) is 13.8 Å². The van der Waals surface area contributed by atoms with E-state index in [0.717, 1.165) is 13.0 Å². The molecule has 0 radical (unpaired) electrons. The highest BCUT2D eigenvalue weighted by Gasteiger charge is 2.13. The summed E-state index contributed by atoms with van der Waals surface area (Å²) in [6.45, 7) is 5.80. The minimum atomic E-state index is 0. The number of hydrogen-bond acceptors (Lipinski definition) is 3. The standard InChI is InChI=1S/C13H26N2O3.9CH4/c1-4-8-15(12(17)5-2)10-9-14(3)13(18)7-6-11-16;;;;;;;;;/h16H,4-11H2,1-3H3;9*1H4. The molecule has 0 bridgehead atoms. The average molecular weight is 403 g/mol. The van der Waals surface area contributed by atoms with Crippen LogP contribution in [0.2, 0.25) is 0 Å². The molecular weight excluding hydrogens is 340 g/mol. The third-order valence-corrected chi connectivity index (χ3v) is 2.83. The molecule has 0 aromatic heterocycles. The van der Waals surface area contributed by atoms with E-state index in [0.29, 0.717) is 32.4 Å². The Morgan fingerprint density at radius 3 is 1.52 bits per heavy atom. The van der Waals surface area contributed by atoms with Gasteiger partial charge < -0.3 is 14.9 Å². The second-order valence-corrected chi connectivity index (χ2v) is 4.38. The van der Waals surface area contributed by atoms with Gasteiger partial charge in [0.1, 0.15) is 0 Å². The van der Waals surface area contributed by atoms with Crippen LogP contribution in [0.1, 0.15) is 106 Å². The molecule has 2 amide bonds. The van der Waals surface area contributed by atoms with Crippen molar-refractivity contribution in [3.63, 3.8) is 0 Å². The third kappa shape index (κ3) is 29.9. The van der Waals surface area contributed by atoms with Crippen LogP contribution in [-0.4, -0.2) is 60.0 Å². The Labute approximate surface area is 176 Å². The van der Waals surface area contributed by atoms with Gasteiger partial charge in [-0.25, -0.2) is 0 Å². The maximum Gasteiger partial charge on any atom is 0.222 e. The van der Waals surface area contributed by atoms with Crippen molar-refractivity contribution in [2.75, 3.05) is 33.3 Å². The van der Waals surface area contributed by atoms with Crippen LogP contribution in [0.4, 0.5) is 0 Å². The van der Waals surface area contributed by atoms with Gasteiger partial charge in [-0.05, 0) is 12.8 Å². The van der Waals surface area contributed by atoms with Gasteiger partial charge in [-0.15, -0.1) is 0 Å². The number of carbonyl (C=O) groups excluding carboxylic acids is 2. The molecule has 0 spiro atoms. The Balaban J connectivity index is -0.0000000401. The van der Waals surface area contributed by atoms with Crippen molar-refractivity contribution in [2.45, 2.75) is 106 Å². The Morgan fingerprint density at radius 2 is 1.19 bits per heavy atom. The quantitative estimate of drug-likeness (QED) is 0.473. The lowest BCUT2D eigenvalue weighted by Crippen LogP contribution is -2.39. The summed E-state index contributed by atoms with van der Waals surface area (Å²) < 4.78 is 0. The Hall–Kier alpha value is -1.10. The van der Waals surface area contributed by atoms with Gasteiger partial charge in [0.15, 0.2) is 0 Å². The van der Waals surface area contributed by atoms with Gasteiger partial charge >= 0.3 is 0 Å². The number of nitrogens with zero attached hydrogens (tertiary/aromatic N) is 2. The lowest BCUT2D eigenvalue weighted by molar-refractivity contribution is -0.134. The molecule has 0 fully saturated rings. The largest absolute Gasteiger partial charge is 0.396 e. The fourth-order valence-electron chi connectivity index (χ4n) is 1.67. The fourth-order valence-corrected chi connectivity index (χ4v) is 1.67. The molecule has 5 nitrogen and oxygen atoms in total. The molecule has 0 heterocycles. The van der Waals surface area contributed by atoms with Gasteiger partial charge in [-0.3, -0.25) is 9.59 Å². The van der Waals surface area contributed by atoms with Crippen LogP contribution in [-0.2, 0) is 9.59 Å². The summed E-state index contributed by atoms with van der Waals surface area (Å²) in [5, 5.41) is 8.67. The molecule has 0 aliphatic heterocycles. The molecule has 0 unspecified atom stereocenters. The van der Waals surface area contributed by atoms with Crippen molar-refractivity contribution in [3.8, 4) is 0 Å². The zero-order valence-corrected chi connectivity index (χ0v) is 11.8. The summed E-state index contributed by atoms with van der Waals surface area (Å²) in [7, 11) is 1.74. The van der Waals surface area contributed by atoms with Crippen LogP contribution >= 0.6 is 0 Å². The van der Waals surface area contributed by atoms with E-state index < -0.39 is 0 Å². The summed E-state index contributed by atoms with van der Waals surface area (Å²) in [6.07, 6.45) is 2.29. The van der Waals surface area contributed by atoms with Crippen LogP contribution < -0.4 is 0 Å². The predicted octanol–water partition coefficient (Wildman–Crippen LogP) is 6.59. The number of carbonyl (C=O) groups is 2. The number of aliphatic hydroxyl groups is 1. The second kappa shape index (κ2) is 39.8. The molecule has 0 aliphatic rings. The first kappa shape index (κ1) is 63.5. The van der Waals surface area contributed by atoms with Gasteiger partial charge in [0, 0.05) is 46.1 Å². The molecule has 0 aliphatic carbocycles. The highest BCUT2D eigenvalue weighted by molar-refractivity contribution is 5.77. The zero-order chi connectivity index (χ0) is 14.0. The predicted molar refractivity (Wildman–Crippen MR) is 132 cm³/mol. The summed E-state index contributed by atoms with van der Waals surface area (Å²) in [5.74, 6) is 0.150. The van der Waals surface area contributed by atoms with Crippen LogP contribution in [0.25, 0.3) is 0 Å². The van der Waals surface area contributed by atoms with Crippen molar-refractivity contribution in [1.29, 1.82) is 0 Å². The van der Waals surface area contributed by atoms with Crippen LogP contribution in [0.5, 0.6) is 0 Å². The third-order valence-electron chi connectivity index (χ3n) is 2.83. The molecule has 0 saturated heterocycles. The van der Waals surface area contributed by atoms with Gasteiger partial charge in [0.2, 0.25) is 11.8 Å². The smallest absolute Gasteiger partial charge is 0.222 e. The maximum atomic E-state index is 11.6. The van der Waals surface area contributed by atoms with E-state index >= 15 is 0 Å². The van der Waals surface area contributed by atoms with Gasteiger partial charge in [-0.2, -0.15) is 0 Å². The molecule has 0 saturated carbocycles. The number of likely N-dealkylation sites (N-methyl/N-ethyl adjacent to an activating group) is 1. The first-order valence-corrected chi connectivity index (χ1v) is 6.69. The lowest BCUT2D eigenvalue weighted by atomic mass is 10.3. The van der Waals surface area contributed by atoms with Crippen molar-refractivity contribution >= 4 is 11.8 Å². The highest BCUT2D eigenvalue weighted by Crippen LogP contribution is 1.99. The van der Waals surface area contributed by atoms with E-state index in [4.69, 9.17) is 5.11 Å². The minimum absolute atomic E-state index is 0. The lowest BCUT2D eigenvalue weighted by Gasteiger charge is -2.25. The molecular formula is C22H62N2O3. The molecule has 0 aromatic rings. The fraction of sp³-hybridized carbons (Fsp3) is 0.909. The second-order valence-electron chi connectivity index (χ2n) is 4.38. The maximum absolute atomic E-state index is 11.6. The Morgan fingerprint density at radius 1 is 0.741 bits per heavy atom. The van der Waals surface area contributed by atoms with E-state index in [1.54, 1.807) is 16.8 Å². The Bertz CT molecular complexity index is 260. The molecule has 1 N–H and O–H groups in total. The number of amides is 2. The minimum Gasteiger partial charge on any atom is -0.396 e. The molecule has 27 heavy (non-hydrogen) atoms. The van der Waals surface area contributed by atoms with Crippen molar-refractivity contribution in [3.05, 3.63) is 0 Å². The van der Waals surface area contributed by atoms with Gasteiger partial charge in [0.25, 0.3) is 0 Å².